The van der Waals surface area contributed by atoms with Gasteiger partial charge in [0.2, 0.25) is 0 Å². The van der Waals surface area contributed by atoms with Crippen molar-refractivity contribution in [1.29, 1.82) is 0 Å². The van der Waals surface area contributed by atoms with Gasteiger partial charge in [0.15, 0.2) is 11.6 Å². The van der Waals surface area contributed by atoms with Gasteiger partial charge in [-0.3, -0.25) is 9.59 Å². The van der Waals surface area contributed by atoms with Crippen LogP contribution in [0.3, 0.4) is 0 Å². The summed E-state index contributed by atoms with van der Waals surface area (Å²) >= 11 is 0. The highest BCUT2D eigenvalue weighted by molar-refractivity contribution is 6.26. The van der Waals surface area contributed by atoms with Crippen molar-refractivity contribution in [3.8, 4) is 0 Å². The molecule has 0 N–H and O–H groups in total. The van der Waals surface area contributed by atoms with E-state index in [0.29, 0.717) is 17.0 Å². The zero-order valence-electron chi connectivity index (χ0n) is 25.5. The summed E-state index contributed by atoms with van der Waals surface area (Å²) in [5.74, 6) is -0.300. The molecule has 0 amide bonds. The average Bonchev–Trinajstić information content (AvgIpc) is 3.33. The number of ketones is 2. The molecule has 1 aromatic heterocycles. The first-order chi connectivity index (χ1) is 21.3. The van der Waals surface area contributed by atoms with Crippen molar-refractivity contribution in [3.05, 3.63) is 130 Å². The molecule has 0 radical (unpaired) electrons. The van der Waals surface area contributed by atoms with E-state index in [4.69, 9.17) is 0 Å². The number of fused-ring (bicyclic) bond motifs is 5. The molecule has 5 aromatic carbocycles. The maximum Gasteiger partial charge on any atom is 0.195 e. The number of benzene rings is 5. The number of carbonyl (C=O) groups is 2. The normalized spacial score (nSPS) is 14.1. The fourth-order valence-corrected chi connectivity index (χ4v) is 7.58. The van der Waals surface area contributed by atoms with Crippen LogP contribution < -0.4 is 0 Å². The van der Waals surface area contributed by atoms with Crippen LogP contribution in [0.1, 0.15) is 80.6 Å². The van der Waals surface area contributed by atoms with E-state index in [2.05, 4.69) is 35.8 Å². The van der Waals surface area contributed by atoms with Crippen molar-refractivity contribution in [2.45, 2.75) is 59.4 Å². The lowest BCUT2D eigenvalue weighted by Crippen LogP contribution is -2.14. The Hall–Kier alpha value is -4.57. The maximum absolute atomic E-state index is 14.7. The lowest BCUT2D eigenvalue weighted by Gasteiger charge is -2.23. The summed E-state index contributed by atoms with van der Waals surface area (Å²) < 4.78 is 17.1. The van der Waals surface area contributed by atoms with E-state index >= 15 is 0 Å². The van der Waals surface area contributed by atoms with E-state index in [-0.39, 0.29) is 17.1 Å². The molecule has 0 saturated heterocycles. The first-order valence-corrected chi connectivity index (χ1v) is 15.7. The molecule has 1 aliphatic carbocycles. The van der Waals surface area contributed by atoms with Crippen LogP contribution in [0.25, 0.3) is 32.6 Å². The monoisotopic (exact) mass is 581 g/mol. The molecule has 44 heavy (non-hydrogen) atoms. The predicted octanol–water partition coefficient (Wildman–Crippen LogP) is 10.1. The molecule has 1 heterocycles. The number of rotatable bonds is 6. The first kappa shape index (κ1) is 28.2. The molecule has 0 aliphatic heterocycles. The lowest BCUT2D eigenvalue weighted by molar-refractivity contribution is 0.102. The van der Waals surface area contributed by atoms with Gasteiger partial charge in [0.05, 0.1) is 11.1 Å². The molecule has 1 aliphatic rings. The average molecular weight is 582 g/mol. The smallest absolute Gasteiger partial charge is 0.195 e. The molecule has 0 atom stereocenters. The Balaban J connectivity index is 1.51. The van der Waals surface area contributed by atoms with Crippen LogP contribution in [0.4, 0.5) is 4.39 Å². The van der Waals surface area contributed by atoms with Gasteiger partial charge in [-0.2, -0.15) is 0 Å². The topological polar surface area (TPSA) is 39.1 Å². The van der Waals surface area contributed by atoms with Crippen LogP contribution in [-0.2, 0) is 6.54 Å². The molecule has 4 heteroatoms. The number of halogens is 1. The van der Waals surface area contributed by atoms with Crippen LogP contribution >= 0.6 is 0 Å². The van der Waals surface area contributed by atoms with Gasteiger partial charge in [-0.05, 0) is 92.4 Å². The molecular weight excluding hydrogens is 545 g/mol. The molecular formula is C40H36FNO2. The van der Waals surface area contributed by atoms with E-state index in [0.717, 1.165) is 61.4 Å². The highest BCUT2D eigenvalue weighted by Gasteiger charge is 2.25. The molecule has 7 rings (SSSR count). The van der Waals surface area contributed by atoms with E-state index in [1.807, 2.05) is 50.2 Å². The van der Waals surface area contributed by atoms with Gasteiger partial charge in [-0.25, -0.2) is 4.39 Å². The Bertz CT molecular complexity index is 2090. The highest BCUT2D eigenvalue weighted by atomic mass is 19.1. The van der Waals surface area contributed by atoms with Gasteiger partial charge in [0.25, 0.3) is 0 Å². The maximum atomic E-state index is 14.7. The lowest BCUT2D eigenvalue weighted by atomic mass is 9.89. The second-order valence-corrected chi connectivity index (χ2v) is 12.6. The van der Waals surface area contributed by atoms with Gasteiger partial charge in [0.1, 0.15) is 5.82 Å². The van der Waals surface area contributed by atoms with Crippen molar-refractivity contribution in [2.24, 2.45) is 5.92 Å². The number of hydrogen-bond donors (Lipinski definition) is 0. The summed E-state index contributed by atoms with van der Waals surface area (Å²) in [5.41, 5.74) is 7.08. The van der Waals surface area contributed by atoms with Crippen LogP contribution in [0.2, 0.25) is 0 Å². The summed E-state index contributed by atoms with van der Waals surface area (Å²) in [6, 6.07) is 26.2. The third-order valence-corrected chi connectivity index (χ3v) is 9.56. The second kappa shape index (κ2) is 11.2. The Morgan fingerprint density at radius 1 is 0.705 bits per heavy atom. The van der Waals surface area contributed by atoms with E-state index < -0.39 is 5.82 Å². The van der Waals surface area contributed by atoms with Crippen LogP contribution in [0.15, 0.2) is 84.9 Å². The number of hydrogen-bond acceptors (Lipinski definition) is 2. The number of aryl methyl sites for hydroxylation is 3. The minimum absolute atomic E-state index is 0.00451. The van der Waals surface area contributed by atoms with Gasteiger partial charge < -0.3 is 4.57 Å². The summed E-state index contributed by atoms with van der Waals surface area (Å²) in [6.07, 6.45) is 6.18. The third kappa shape index (κ3) is 4.73. The standard InChI is InChI=1S/C40H36FNO2/c1-24-19-25(2)37(26(3)20-24)40(44)34-22-33-32-21-28(39(43)31-15-9-10-16-35(31)41)17-18-36(32)42(23-27-11-5-4-6-12-27)38(33)30-14-8-7-13-29(30)34/h7-10,13-22,27H,4-6,11-12,23H2,1-3H3. The number of carbonyl (C=O) groups excluding carboxylic acids is 2. The van der Waals surface area contributed by atoms with E-state index in [1.54, 1.807) is 12.1 Å². The molecule has 0 bridgehead atoms. The van der Waals surface area contributed by atoms with Gasteiger partial charge in [-0.1, -0.05) is 73.4 Å². The Kier molecular flexibility index (Phi) is 7.16. The fourth-order valence-electron chi connectivity index (χ4n) is 7.58. The van der Waals surface area contributed by atoms with E-state index in [1.165, 1.54) is 44.2 Å². The van der Waals surface area contributed by atoms with Crippen LogP contribution in [0, 0.1) is 32.5 Å². The largest absolute Gasteiger partial charge is 0.340 e. The molecule has 0 unspecified atom stereocenters. The number of aromatic nitrogens is 1. The summed E-state index contributed by atoms with van der Waals surface area (Å²) in [5, 5.41) is 3.82. The number of nitrogens with zero attached hydrogens (tertiary/aromatic N) is 1. The van der Waals surface area contributed by atoms with Crippen LogP contribution in [-0.4, -0.2) is 16.1 Å². The van der Waals surface area contributed by atoms with Gasteiger partial charge in [-0.15, -0.1) is 0 Å². The van der Waals surface area contributed by atoms with Crippen molar-refractivity contribution < 1.29 is 14.0 Å². The summed E-state index contributed by atoms with van der Waals surface area (Å²) in [4.78, 5) is 28.0. The molecule has 220 valence electrons. The van der Waals surface area contributed by atoms with Crippen LogP contribution in [0.5, 0.6) is 0 Å². The minimum atomic E-state index is -0.528. The van der Waals surface area contributed by atoms with E-state index in [9.17, 15) is 14.0 Å². The summed E-state index contributed by atoms with van der Waals surface area (Å²) in [7, 11) is 0. The van der Waals surface area contributed by atoms with Gasteiger partial charge >= 0.3 is 0 Å². The highest BCUT2D eigenvalue weighted by Crippen LogP contribution is 2.39. The minimum Gasteiger partial charge on any atom is -0.340 e. The van der Waals surface area contributed by atoms with Crippen molar-refractivity contribution >= 4 is 44.1 Å². The fraction of sp³-hybridized carbons (Fsp3) is 0.250. The van der Waals surface area contributed by atoms with Crippen molar-refractivity contribution in [2.75, 3.05) is 0 Å². The zero-order valence-corrected chi connectivity index (χ0v) is 25.5. The molecule has 1 saturated carbocycles. The van der Waals surface area contributed by atoms with Gasteiger partial charge in [0, 0.05) is 44.9 Å². The Morgan fingerprint density at radius 2 is 1.39 bits per heavy atom. The van der Waals surface area contributed by atoms with Crippen molar-refractivity contribution in [1.82, 2.24) is 4.57 Å². The first-order valence-electron chi connectivity index (χ1n) is 15.7. The molecule has 1 fully saturated rings. The predicted molar refractivity (Wildman–Crippen MR) is 177 cm³/mol. The summed E-state index contributed by atoms with van der Waals surface area (Å²) in [6.45, 7) is 6.94. The third-order valence-electron chi connectivity index (χ3n) is 9.56. The van der Waals surface area contributed by atoms with Crippen molar-refractivity contribution in [3.63, 3.8) is 0 Å². The quantitative estimate of drug-likeness (QED) is 0.184. The second-order valence-electron chi connectivity index (χ2n) is 12.6. The molecule has 6 aromatic rings. The molecule has 3 nitrogen and oxygen atoms in total. The SMILES string of the molecule is Cc1cc(C)c(C(=O)c2cc3c4cc(C(=O)c5ccccc5F)ccc4n(CC4CCCCC4)c3c3ccccc23)c(C)c1. The Labute approximate surface area is 257 Å². The Morgan fingerprint density at radius 3 is 2.11 bits per heavy atom. The zero-order chi connectivity index (χ0) is 30.5. The molecule has 0 spiro atoms.